The molecule has 0 saturated heterocycles. The van der Waals surface area contributed by atoms with Crippen molar-refractivity contribution in [2.45, 2.75) is 44.4 Å². The van der Waals surface area contributed by atoms with E-state index in [1.807, 2.05) is 24.3 Å². The predicted octanol–water partition coefficient (Wildman–Crippen LogP) is 2.41. The highest BCUT2D eigenvalue weighted by Gasteiger charge is 2.25. The van der Waals surface area contributed by atoms with E-state index in [9.17, 15) is 9.90 Å². The second-order valence-corrected chi connectivity index (χ2v) is 6.05. The van der Waals surface area contributed by atoms with Crippen molar-refractivity contribution in [1.82, 2.24) is 10.3 Å². The third-order valence-electron chi connectivity index (χ3n) is 4.38. The average molecular weight is 314 g/mol. The molecule has 5 nitrogen and oxygen atoms in total. The van der Waals surface area contributed by atoms with Gasteiger partial charge in [0, 0.05) is 12.5 Å². The summed E-state index contributed by atoms with van der Waals surface area (Å²) in [5, 5.41) is 13.9. The number of aromatic nitrogens is 1. The third kappa shape index (κ3) is 3.51. The summed E-state index contributed by atoms with van der Waals surface area (Å²) in [5.74, 6) is -0.237. The van der Waals surface area contributed by atoms with E-state index in [1.165, 1.54) is 0 Å². The van der Waals surface area contributed by atoms with Crippen LogP contribution in [0, 0.1) is 0 Å². The van der Waals surface area contributed by atoms with E-state index in [2.05, 4.69) is 10.3 Å². The lowest BCUT2D eigenvalue weighted by Gasteiger charge is -2.28. The Kier molecular flexibility index (Phi) is 4.88. The van der Waals surface area contributed by atoms with Crippen molar-refractivity contribution in [2.24, 2.45) is 0 Å². The maximum Gasteiger partial charge on any atom is 0.270 e. The van der Waals surface area contributed by atoms with Crippen molar-refractivity contribution in [3.8, 4) is 0 Å². The largest absolute Gasteiger partial charge is 0.391 e. The summed E-state index contributed by atoms with van der Waals surface area (Å²) in [6.07, 6.45) is 3.13. The monoisotopic (exact) mass is 314 g/mol. The number of carbonyl (C=O) groups is 1. The normalized spacial score (nSPS) is 21.3. The molecule has 2 N–H and O–H groups in total. The molecule has 0 radical (unpaired) electrons. The Balaban J connectivity index is 1.87. The molecule has 2 aromatic rings. The van der Waals surface area contributed by atoms with Crippen LogP contribution < -0.4 is 5.32 Å². The summed E-state index contributed by atoms with van der Waals surface area (Å²) in [7, 11) is 1.63. The third-order valence-corrected chi connectivity index (χ3v) is 4.38. The number of nitrogens with one attached hydrogen (secondary N) is 1. The van der Waals surface area contributed by atoms with Gasteiger partial charge in [-0.1, -0.05) is 31.0 Å². The van der Waals surface area contributed by atoms with Crippen LogP contribution in [-0.4, -0.2) is 35.3 Å². The molecular weight excluding hydrogens is 292 g/mol. The van der Waals surface area contributed by atoms with E-state index in [4.69, 9.17) is 4.74 Å². The Morgan fingerprint density at radius 1 is 1.35 bits per heavy atom. The molecule has 122 valence electrons. The van der Waals surface area contributed by atoms with Gasteiger partial charge in [0.25, 0.3) is 5.91 Å². The number of hydrogen-bond acceptors (Lipinski definition) is 4. The van der Waals surface area contributed by atoms with Gasteiger partial charge in [-0.05, 0) is 30.5 Å². The molecule has 1 aliphatic carbocycles. The molecule has 1 aromatic carbocycles. The number of aliphatic hydroxyl groups excluding tert-OH is 1. The summed E-state index contributed by atoms with van der Waals surface area (Å²) >= 11 is 0. The molecule has 2 unspecified atom stereocenters. The number of fused-ring (bicyclic) bond motifs is 1. The summed E-state index contributed by atoms with van der Waals surface area (Å²) < 4.78 is 5.24. The zero-order valence-electron chi connectivity index (χ0n) is 13.3. The molecule has 1 aromatic heterocycles. The van der Waals surface area contributed by atoms with Crippen molar-refractivity contribution in [2.75, 3.05) is 7.11 Å². The topological polar surface area (TPSA) is 71.5 Å². The molecule has 3 rings (SSSR count). The second kappa shape index (κ2) is 7.06. The number of pyridine rings is 1. The van der Waals surface area contributed by atoms with E-state index in [1.54, 1.807) is 13.2 Å². The molecular formula is C18H22N2O3. The minimum Gasteiger partial charge on any atom is -0.391 e. The number of ether oxygens (including phenoxy) is 1. The van der Waals surface area contributed by atoms with E-state index in [0.29, 0.717) is 12.3 Å². The number of carbonyl (C=O) groups excluding carboxylic acids is 1. The highest BCUT2D eigenvalue weighted by Crippen LogP contribution is 2.21. The van der Waals surface area contributed by atoms with Crippen LogP contribution in [-0.2, 0) is 11.3 Å². The van der Waals surface area contributed by atoms with Crippen molar-refractivity contribution < 1.29 is 14.6 Å². The first kappa shape index (κ1) is 15.9. The van der Waals surface area contributed by atoms with Gasteiger partial charge in [0.15, 0.2) is 0 Å². The minimum atomic E-state index is -0.466. The Morgan fingerprint density at radius 2 is 2.13 bits per heavy atom. The molecule has 23 heavy (non-hydrogen) atoms. The lowest BCUT2D eigenvalue weighted by molar-refractivity contribution is 0.0714. The summed E-state index contributed by atoms with van der Waals surface area (Å²) in [6.45, 7) is 0.426. The molecule has 1 aliphatic rings. The smallest absolute Gasteiger partial charge is 0.270 e. The number of aliphatic hydroxyl groups is 1. The van der Waals surface area contributed by atoms with E-state index in [0.717, 1.165) is 42.1 Å². The van der Waals surface area contributed by atoms with Crippen molar-refractivity contribution in [3.63, 3.8) is 0 Å². The zero-order chi connectivity index (χ0) is 16.2. The molecule has 1 heterocycles. The predicted molar refractivity (Wildman–Crippen MR) is 88.2 cm³/mol. The summed E-state index contributed by atoms with van der Waals surface area (Å²) in [6, 6.07) is 9.30. The lowest BCUT2D eigenvalue weighted by atomic mass is 9.92. The average Bonchev–Trinajstić information content (AvgIpc) is 2.57. The van der Waals surface area contributed by atoms with Gasteiger partial charge in [-0.2, -0.15) is 0 Å². The molecule has 1 saturated carbocycles. The van der Waals surface area contributed by atoms with Gasteiger partial charge in [0.2, 0.25) is 0 Å². The van der Waals surface area contributed by atoms with Crippen LogP contribution in [0.4, 0.5) is 0 Å². The van der Waals surface area contributed by atoms with Crippen molar-refractivity contribution in [3.05, 3.63) is 41.6 Å². The molecule has 2 atom stereocenters. The summed E-state index contributed by atoms with van der Waals surface area (Å²) in [5.41, 5.74) is 2.08. The number of nitrogens with zero attached hydrogens (tertiary/aromatic N) is 1. The van der Waals surface area contributed by atoms with Crippen molar-refractivity contribution in [1.29, 1.82) is 0 Å². The van der Waals surface area contributed by atoms with Gasteiger partial charge in [0.05, 0.1) is 24.3 Å². The van der Waals surface area contributed by atoms with Crippen LogP contribution in [0.5, 0.6) is 0 Å². The fourth-order valence-corrected chi connectivity index (χ4v) is 3.16. The standard InChI is InChI=1S/C18H22N2O3/c1-23-11-12-10-16(19-14-7-3-2-6-13(12)14)18(22)20-15-8-4-5-9-17(15)21/h2-3,6-7,10,15,17,21H,4-5,8-9,11H2,1H3,(H,20,22). The first-order valence-corrected chi connectivity index (χ1v) is 8.05. The molecule has 0 aliphatic heterocycles. The van der Waals surface area contributed by atoms with E-state index < -0.39 is 6.10 Å². The molecule has 0 spiro atoms. The van der Waals surface area contributed by atoms with E-state index >= 15 is 0 Å². The maximum atomic E-state index is 12.5. The Hall–Kier alpha value is -1.98. The quantitative estimate of drug-likeness (QED) is 0.909. The number of benzene rings is 1. The van der Waals surface area contributed by atoms with Gasteiger partial charge in [-0.15, -0.1) is 0 Å². The van der Waals surface area contributed by atoms with Gasteiger partial charge in [0.1, 0.15) is 5.69 Å². The lowest BCUT2D eigenvalue weighted by Crippen LogP contribution is -2.45. The van der Waals surface area contributed by atoms with E-state index in [-0.39, 0.29) is 11.9 Å². The van der Waals surface area contributed by atoms with Gasteiger partial charge in [-0.3, -0.25) is 4.79 Å². The van der Waals surface area contributed by atoms with Crippen LogP contribution in [0.3, 0.4) is 0 Å². The SMILES string of the molecule is COCc1cc(C(=O)NC2CCCCC2O)nc2ccccc12. The molecule has 1 fully saturated rings. The second-order valence-electron chi connectivity index (χ2n) is 6.05. The number of rotatable bonds is 4. The molecule has 0 bridgehead atoms. The fourth-order valence-electron chi connectivity index (χ4n) is 3.16. The van der Waals surface area contributed by atoms with Crippen LogP contribution in [0.2, 0.25) is 0 Å². The molecule has 1 amide bonds. The van der Waals surface area contributed by atoms with Crippen LogP contribution >= 0.6 is 0 Å². The van der Waals surface area contributed by atoms with Gasteiger partial charge >= 0.3 is 0 Å². The Bertz CT molecular complexity index is 702. The Labute approximate surface area is 135 Å². The van der Waals surface area contributed by atoms with Crippen LogP contribution in [0.1, 0.15) is 41.7 Å². The van der Waals surface area contributed by atoms with Gasteiger partial charge < -0.3 is 15.2 Å². The first-order chi connectivity index (χ1) is 11.2. The first-order valence-electron chi connectivity index (χ1n) is 8.05. The Morgan fingerprint density at radius 3 is 2.91 bits per heavy atom. The summed E-state index contributed by atoms with van der Waals surface area (Å²) in [4.78, 5) is 17.0. The highest BCUT2D eigenvalue weighted by molar-refractivity contribution is 5.96. The maximum absolute atomic E-state index is 12.5. The minimum absolute atomic E-state index is 0.185. The number of para-hydroxylation sites is 1. The van der Waals surface area contributed by atoms with Crippen LogP contribution in [0.15, 0.2) is 30.3 Å². The van der Waals surface area contributed by atoms with Gasteiger partial charge in [-0.25, -0.2) is 4.98 Å². The fraction of sp³-hybridized carbons (Fsp3) is 0.444. The zero-order valence-corrected chi connectivity index (χ0v) is 13.3. The number of amides is 1. The molecule has 5 heteroatoms. The number of hydrogen-bond donors (Lipinski definition) is 2. The number of methoxy groups -OCH3 is 1. The van der Waals surface area contributed by atoms with Crippen molar-refractivity contribution >= 4 is 16.8 Å². The van der Waals surface area contributed by atoms with Crippen LogP contribution in [0.25, 0.3) is 10.9 Å². The highest BCUT2D eigenvalue weighted by atomic mass is 16.5.